The van der Waals surface area contributed by atoms with Crippen molar-refractivity contribution >= 4 is 36.8 Å². The molecule has 1 atom stereocenters. The van der Waals surface area contributed by atoms with Crippen LogP contribution in [0.25, 0.3) is 0 Å². The smallest absolute Gasteiger partial charge is 0.228 e. The molecule has 0 aliphatic carbocycles. The van der Waals surface area contributed by atoms with E-state index in [-0.39, 0.29) is 11.8 Å². The first-order valence-corrected chi connectivity index (χ1v) is 4.54. The number of amides is 1. The average molecular weight is 194 g/mol. The van der Waals surface area contributed by atoms with Crippen molar-refractivity contribution < 1.29 is 9.59 Å². The molecule has 4 nitrogen and oxygen atoms in total. The van der Waals surface area contributed by atoms with Gasteiger partial charge in [-0.05, 0) is 0 Å². The van der Waals surface area contributed by atoms with Crippen molar-refractivity contribution in [2.75, 3.05) is 11.5 Å². The third-order valence-electron chi connectivity index (χ3n) is 0.810. The molecule has 0 bridgehead atoms. The summed E-state index contributed by atoms with van der Waals surface area (Å²) in [5.74, 6) is 0.166. The number of nitrogens with two attached hydrogens (primary N) is 1. The van der Waals surface area contributed by atoms with Crippen LogP contribution in [0.2, 0.25) is 0 Å². The van der Waals surface area contributed by atoms with Crippen LogP contribution in [-0.2, 0) is 9.59 Å². The SMILES string of the molecule is NC(=O)CSN[C@@H](C=O)CS. The molecule has 0 spiro atoms. The highest BCUT2D eigenvalue weighted by atomic mass is 32.2. The van der Waals surface area contributed by atoms with E-state index in [1.807, 2.05) is 0 Å². The normalized spacial score (nSPS) is 12.5. The maximum absolute atomic E-state index is 10.2. The molecule has 1 amide bonds. The van der Waals surface area contributed by atoms with Gasteiger partial charge in [-0.25, -0.2) is 0 Å². The Bertz CT molecular complexity index is 142. The molecule has 0 unspecified atom stereocenters. The Morgan fingerprint density at radius 1 is 1.82 bits per heavy atom. The molecule has 0 aliphatic heterocycles. The van der Waals surface area contributed by atoms with Crippen LogP contribution in [0.3, 0.4) is 0 Å². The van der Waals surface area contributed by atoms with Gasteiger partial charge in [-0.3, -0.25) is 9.52 Å². The highest BCUT2D eigenvalue weighted by Gasteiger charge is 2.03. The van der Waals surface area contributed by atoms with Crippen LogP contribution >= 0.6 is 24.6 Å². The van der Waals surface area contributed by atoms with E-state index < -0.39 is 5.91 Å². The molecule has 0 aromatic rings. The molecule has 0 saturated heterocycles. The molecule has 6 heteroatoms. The lowest BCUT2D eigenvalue weighted by atomic mass is 10.4. The van der Waals surface area contributed by atoms with Gasteiger partial charge >= 0.3 is 0 Å². The number of carbonyl (C=O) groups excluding carboxylic acids is 2. The standard InChI is InChI=1S/C5H10N2O2S2/c6-5(9)3-11-7-4(1-8)2-10/h1,4,7,10H,2-3H2,(H2,6,9)/t4-/m0/s1. The van der Waals surface area contributed by atoms with Crippen LogP contribution in [0, 0.1) is 0 Å². The van der Waals surface area contributed by atoms with Crippen molar-refractivity contribution in [3.05, 3.63) is 0 Å². The quantitative estimate of drug-likeness (QED) is 0.294. The summed E-state index contributed by atoms with van der Waals surface area (Å²) in [5.41, 5.74) is 4.85. The van der Waals surface area contributed by atoms with E-state index in [1.165, 1.54) is 0 Å². The lowest BCUT2D eigenvalue weighted by molar-refractivity contribution is -0.115. The van der Waals surface area contributed by atoms with Gasteiger partial charge in [0.15, 0.2) is 0 Å². The van der Waals surface area contributed by atoms with Gasteiger partial charge in [0.25, 0.3) is 0 Å². The Balaban J connectivity index is 3.35. The number of hydrogen-bond acceptors (Lipinski definition) is 5. The van der Waals surface area contributed by atoms with E-state index in [9.17, 15) is 9.59 Å². The monoisotopic (exact) mass is 194 g/mol. The Hall–Kier alpha value is -0.200. The zero-order valence-corrected chi connectivity index (χ0v) is 7.53. The van der Waals surface area contributed by atoms with Crippen molar-refractivity contribution in [1.29, 1.82) is 0 Å². The molecule has 0 aliphatic rings. The highest BCUT2D eigenvalue weighted by Crippen LogP contribution is 1.95. The summed E-state index contributed by atoms with van der Waals surface area (Å²) in [6.45, 7) is 0. The Kier molecular flexibility index (Phi) is 6.39. The third-order valence-corrected chi connectivity index (χ3v) is 2.10. The van der Waals surface area contributed by atoms with Crippen LogP contribution in [-0.4, -0.2) is 29.7 Å². The number of aldehydes is 1. The second kappa shape index (κ2) is 6.51. The Labute approximate surface area is 74.8 Å². The van der Waals surface area contributed by atoms with Crippen molar-refractivity contribution in [1.82, 2.24) is 4.72 Å². The molecule has 0 heterocycles. The largest absolute Gasteiger partial charge is 0.369 e. The summed E-state index contributed by atoms with van der Waals surface area (Å²) in [6.07, 6.45) is 0.737. The Morgan fingerprint density at radius 3 is 2.82 bits per heavy atom. The maximum atomic E-state index is 10.2. The second-order valence-electron chi connectivity index (χ2n) is 1.80. The van der Waals surface area contributed by atoms with Gasteiger partial charge in [0.2, 0.25) is 5.91 Å². The van der Waals surface area contributed by atoms with E-state index >= 15 is 0 Å². The van der Waals surface area contributed by atoms with Crippen molar-refractivity contribution in [3.63, 3.8) is 0 Å². The van der Waals surface area contributed by atoms with E-state index in [0.29, 0.717) is 5.75 Å². The van der Waals surface area contributed by atoms with E-state index in [4.69, 9.17) is 5.73 Å². The van der Waals surface area contributed by atoms with Crippen LogP contribution in [0.1, 0.15) is 0 Å². The zero-order chi connectivity index (χ0) is 8.69. The fourth-order valence-electron chi connectivity index (χ4n) is 0.328. The van der Waals surface area contributed by atoms with E-state index in [0.717, 1.165) is 18.2 Å². The summed E-state index contributed by atoms with van der Waals surface area (Å²) in [6, 6.07) is -0.317. The molecule has 0 saturated carbocycles. The number of carbonyl (C=O) groups is 2. The van der Waals surface area contributed by atoms with Gasteiger partial charge in [0.1, 0.15) is 6.29 Å². The molecule has 3 N–H and O–H groups in total. The minimum Gasteiger partial charge on any atom is -0.369 e. The molecular weight excluding hydrogens is 184 g/mol. The summed E-state index contributed by atoms with van der Waals surface area (Å²) in [4.78, 5) is 20.4. The highest BCUT2D eigenvalue weighted by molar-refractivity contribution is 7.98. The van der Waals surface area contributed by atoms with Crippen LogP contribution < -0.4 is 10.5 Å². The number of nitrogens with one attached hydrogen (secondary N) is 1. The molecule has 0 aromatic carbocycles. The average Bonchev–Trinajstić information content (AvgIpc) is 1.98. The summed E-state index contributed by atoms with van der Waals surface area (Å²) in [5, 5.41) is 0. The van der Waals surface area contributed by atoms with Gasteiger partial charge in [-0.1, -0.05) is 11.9 Å². The number of rotatable bonds is 6. The van der Waals surface area contributed by atoms with Crippen molar-refractivity contribution in [2.24, 2.45) is 5.73 Å². The fourth-order valence-corrected chi connectivity index (χ4v) is 1.21. The van der Waals surface area contributed by atoms with E-state index in [1.54, 1.807) is 0 Å². The predicted molar refractivity (Wildman–Crippen MR) is 48.5 cm³/mol. The van der Waals surface area contributed by atoms with Crippen molar-refractivity contribution in [3.8, 4) is 0 Å². The molecule has 64 valence electrons. The van der Waals surface area contributed by atoms with Crippen molar-refractivity contribution in [2.45, 2.75) is 6.04 Å². The molecular formula is C5H10N2O2S2. The minimum absolute atomic E-state index is 0.165. The molecule has 0 radical (unpaired) electrons. The lowest BCUT2D eigenvalue weighted by Gasteiger charge is -2.06. The van der Waals surface area contributed by atoms with Gasteiger partial charge in [0, 0.05) is 5.75 Å². The van der Waals surface area contributed by atoms with Gasteiger partial charge < -0.3 is 10.5 Å². The van der Waals surface area contributed by atoms with Gasteiger partial charge in [0.05, 0.1) is 11.8 Å². The van der Waals surface area contributed by atoms with Crippen LogP contribution in [0.15, 0.2) is 0 Å². The molecule has 0 fully saturated rings. The minimum atomic E-state index is -0.411. The topological polar surface area (TPSA) is 72.2 Å². The number of hydrogen-bond donors (Lipinski definition) is 3. The first-order valence-electron chi connectivity index (χ1n) is 2.92. The maximum Gasteiger partial charge on any atom is 0.228 e. The number of primary amides is 1. The fraction of sp³-hybridized carbons (Fsp3) is 0.600. The first kappa shape index (κ1) is 10.8. The zero-order valence-electron chi connectivity index (χ0n) is 5.82. The third kappa shape index (κ3) is 6.21. The summed E-state index contributed by atoms with van der Waals surface area (Å²) in [7, 11) is 0. The number of thiol groups is 1. The van der Waals surface area contributed by atoms with Gasteiger partial charge in [-0.15, -0.1) is 0 Å². The predicted octanol–water partition coefficient (Wildman–Crippen LogP) is -0.793. The Morgan fingerprint density at radius 2 is 2.45 bits per heavy atom. The molecule has 11 heavy (non-hydrogen) atoms. The molecule has 0 rings (SSSR count). The van der Waals surface area contributed by atoms with E-state index in [2.05, 4.69) is 17.4 Å². The van der Waals surface area contributed by atoms with Gasteiger partial charge in [-0.2, -0.15) is 12.6 Å². The lowest BCUT2D eigenvalue weighted by Crippen LogP contribution is -2.28. The summed E-state index contributed by atoms with van der Waals surface area (Å²) < 4.78 is 2.72. The second-order valence-corrected chi connectivity index (χ2v) is 2.98. The first-order chi connectivity index (χ1) is 5.20. The summed E-state index contributed by atoms with van der Waals surface area (Å²) >= 11 is 5.01. The van der Waals surface area contributed by atoms with Crippen LogP contribution in [0.5, 0.6) is 0 Å². The van der Waals surface area contributed by atoms with Crippen LogP contribution in [0.4, 0.5) is 0 Å². The molecule has 0 aromatic heterocycles.